The molecule has 37 heavy (non-hydrogen) atoms. The summed E-state index contributed by atoms with van der Waals surface area (Å²) in [6, 6.07) is 9.93. The molecule has 0 saturated carbocycles. The number of nitrogens with zero attached hydrogens (tertiary/aromatic N) is 3. The molecule has 12 heteroatoms. The van der Waals surface area contributed by atoms with Crippen LogP contribution in [-0.2, 0) is 28.9 Å². The van der Waals surface area contributed by atoms with E-state index in [1.807, 2.05) is 22.6 Å². The number of nitrogen functional groups attached to an aromatic ring is 1. The molecular weight excluding hydrogens is 497 g/mol. The smallest absolute Gasteiger partial charge is 0.504 e. The van der Waals surface area contributed by atoms with E-state index >= 15 is 0 Å². The van der Waals surface area contributed by atoms with Crippen molar-refractivity contribution in [2.45, 2.75) is 39.3 Å². The van der Waals surface area contributed by atoms with Crippen molar-refractivity contribution in [3.05, 3.63) is 53.3 Å². The van der Waals surface area contributed by atoms with Gasteiger partial charge in [0.15, 0.2) is 17.3 Å². The monoisotopic (exact) mass is 523 g/mol. The van der Waals surface area contributed by atoms with Gasteiger partial charge < -0.3 is 25.2 Å². The number of anilines is 1. The summed E-state index contributed by atoms with van der Waals surface area (Å²) in [4.78, 5) is 39.5. The van der Waals surface area contributed by atoms with Gasteiger partial charge in [-0.25, -0.2) is 14.5 Å². The van der Waals surface area contributed by atoms with Crippen molar-refractivity contribution in [1.29, 1.82) is 0 Å². The predicted molar refractivity (Wildman–Crippen MR) is 139 cm³/mol. The summed E-state index contributed by atoms with van der Waals surface area (Å²) >= 11 is 0. The number of aromatic nitrogens is 3. The van der Waals surface area contributed by atoms with Gasteiger partial charge in [0, 0.05) is 23.9 Å². The molecular formula is C25H26N5O6P. The minimum absolute atomic E-state index is 0.0951. The maximum Gasteiger partial charge on any atom is 0.524 e. The van der Waals surface area contributed by atoms with E-state index in [-0.39, 0.29) is 24.7 Å². The minimum Gasteiger partial charge on any atom is -0.504 e. The Hall–Kier alpha value is -4.10. The predicted octanol–water partition coefficient (Wildman–Crippen LogP) is 2.98. The van der Waals surface area contributed by atoms with Crippen LogP contribution in [0.3, 0.4) is 0 Å². The Bertz CT molecular complexity index is 1590. The highest BCUT2D eigenvalue weighted by Crippen LogP contribution is 2.44. The molecule has 192 valence electrons. The van der Waals surface area contributed by atoms with Gasteiger partial charge in [-0.15, -0.1) is 6.42 Å². The minimum atomic E-state index is -4.93. The molecule has 2 aromatic carbocycles. The number of fused-ring (bicyclic) bond motifs is 3. The summed E-state index contributed by atoms with van der Waals surface area (Å²) in [5, 5.41) is 13.6. The first-order valence-electron chi connectivity index (χ1n) is 11.5. The van der Waals surface area contributed by atoms with E-state index in [4.69, 9.17) is 21.7 Å². The number of phosphoric acid groups is 1. The Morgan fingerprint density at radius 3 is 2.76 bits per heavy atom. The highest BCUT2D eigenvalue weighted by molar-refractivity contribution is 7.46. The maximum atomic E-state index is 11.6. The van der Waals surface area contributed by atoms with Crippen LogP contribution in [0.1, 0.15) is 36.7 Å². The molecule has 0 aliphatic rings. The van der Waals surface area contributed by atoms with Crippen molar-refractivity contribution < 1.29 is 28.8 Å². The fraction of sp³-hybridized carbons (Fsp3) is 0.240. The molecule has 0 radical (unpaired) electrons. The van der Waals surface area contributed by atoms with Crippen LogP contribution in [0, 0.1) is 12.3 Å². The van der Waals surface area contributed by atoms with Gasteiger partial charge in [0.1, 0.15) is 11.3 Å². The second-order valence-corrected chi connectivity index (χ2v) is 9.60. The summed E-state index contributed by atoms with van der Waals surface area (Å²) in [6.45, 7) is 2.36. The molecule has 0 fully saturated rings. The number of carbonyl (C=O) groups is 1. The number of unbranched alkanes of at least 4 members (excludes halogenated alkanes) is 1. The molecule has 0 unspecified atom stereocenters. The highest BCUT2D eigenvalue weighted by atomic mass is 31.2. The SMILES string of the molecule is C#CC(=O)NCc1ccc2c(c1)nc(N)c1nc(CCCC)n(Cc3cccc(O)c3OP(=O)(O)O)c12. The van der Waals surface area contributed by atoms with Gasteiger partial charge >= 0.3 is 7.82 Å². The normalized spacial score (nSPS) is 11.5. The molecule has 4 aromatic rings. The zero-order valence-corrected chi connectivity index (χ0v) is 20.9. The van der Waals surface area contributed by atoms with Gasteiger partial charge in [-0.2, -0.15) is 0 Å². The molecule has 0 aliphatic heterocycles. The fourth-order valence-corrected chi connectivity index (χ4v) is 4.58. The molecule has 4 rings (SSSR count). The second-order valence-electron chi connectivity index (χ2n) is 8.44. The van der Waals surface area contributed by atoms with E-state index in [9.17, 15) is 24.3 Å². The third-order valence-corrected chi connectivity index (χ3v) is 6.22. The van der Waals surface area contributed by atoms with Crippen molar-refractivity contribution in [1.82, 2.24) is 19.9 Å². The zero-order chi connectivity index (χ0) is 26.7. The Morgan fingerprint density at radius 2 is 2.05 bits per heavy atom. The van der Waals surface area contributed by atoms with Crippen molar-refractivity contribution in [2.24, 2.45) is 0 Å². The molecule has 0 aliphatic carbocycles. The van der Waals surface area contributed by atoms with Crippen LogP contribution in [0.5, 0.6) is 11.5 Å². The van der Waals surface area contributed by atoms with E-state index in [1.165, 1.54) is 6.07 Å². The number of carbonyl (C=O) groups excluding carboxylic acids is 1. The lowest BCUT2D eigenvalue weighted by Gasteiger charge is -2.16. The number of hydrogen-bond acceptors (Lipinski definition) is 7. The van der Waals surface area contributed by atoms with Crippen LogP contribution in [0.2, 0.25) is 0 Å². The zero-order valence-electron chi connectivity index (χ0n) is 20.0. The Morgan fingerprint density at radius 1 is 1.27 bits per heavy atom. The number of benzene rings is 2. The van der Waals surface area contributed by atoms with Crippen LogP contribution in [0.15, 0.2) is 36.4 Å². The number of phenols is 1. The summed E-state index contributed by atoms with van der Waals surface area (Å²) in [6.07, 6.45) is 7.50. The third kappa shape index (κ3) is 5.67. The van der Waals surface area contributed by atoms with Crippen LogP contribution in [0.25, 0.3) is 21.9 Å². The number of phenolic OH excluding ortho intramolecular Hbond substituents is 1. The Labute approximate surface area is 212 Å². The second kappa shape index (κ2) is 10.5. The Balaban J connectivity index is 1.89. The molecule has 1 amide bonds. The van der Waals surface area contributed by atoms with Crippen LogP contribution >= 0.6 is 7.82 Å². The van der Waals surface area contributed by atoms with Crippen molar-refractivity contribution >= 4 is 41.5 Å². The van der Waals surface area contributed by atoms with Crippen molar-refractivity contribution in [3.63, 3.8) is 0 Å². The largest absolute Gasteiger partial charge is 0.524 e. The van der Waals surface area contributed by atoms with Gasteiger partial charge in [0.25, 0.3) is 5.91 Å². The molecule has 0 spiro atoms. The third-order valence-electron chi connectivity index (χ3n) is 5.80. The van der Waals surface area contributed by atoms with Crippen molar-refractivity contribution in [3.8, 4) is 23.8 Å². The number of aromatic hydroxyl groups is 1. The van der Waals surface area contributed by atoms with Gasteiger partial charge in [-0.1, -0.05) is 37.6 Å². The summed E-state index contributed by atoms with van der Waals surface area (Å²) < 4.78 is 18.3. The first kappa shape index (κ1) is 26.0. The number of pyridine rings is 1. The molecule has 0 saturated heterocycles. The van der Waals surface area contributed by atoms with E-state index in [1.54, 1.807) is 18.2 Å². The lowest BCUT2D eigenvalue weighted by atomic mass is 10.1. The molecule has 11 nitrogen and oxygen atoms in total. The quantitative estimate of drug-likeness (QED) is 0.163. The number of para-hydroxylation sites is 1. The number of imidazole rings is 1. The highest BCUT2D eigenvalue weighted by Gasteiger charge is 2.24. The number of nitrogens with two attached hydrogens (primary N) is 1. The fourth-order valence-electron chi connectivity index (χ4n) is 4.13. The molecule has 2 heterocycles. The lowest BCUT2D eigenvalue weighted by Crippen LogP contribution is -2.20. The van der Waals surface area contributed by atoms with Crippen LogP contribution in [-0.4, -0.2) is 35.3 Å². The first-order valence-corrected chi connectivity index (χ1v) is 13.0. The standard InChI is InChI=1S/C25H26N5O6P/c1-3-5-9-20-29-22-23(30(20)14-16-7-6-8-19(31)24(16)36-37(33,34)35)17-11-10-15(13-27-21(32)4-2)12-18(17)28-25(22)26/h2,6-8,10-12,31H,3,5,9,13-14H2,1H3,(H2,26,28)(H,27,32)(H2,33,34,35). The number of amides is 1. The number of hydrogen-bond donors (Lipinski definition) is 5. The van der Waals surface area contributed by atoms with E-state index in [0.29, 0.717) is 34.4 Å². The number of nitrogens with one attached hydrogen (secondary N) is 1. The number of aryl methyl sites for hydroxylation is 1. The lowest BCUT2D eigenvalue weighted by molar-refractivity contribution is -0.115. The van der Waals surface area contributed by atoms with Crippen LogP contribution < -0.4 is 15.6 Å². The average Bonchev–Trinajstić information content (AvgIpc) is 3.21. The van der Waals surface area contributed by atoms with E-state index in [2.05, 4.69) is 17.2 Å². The summed E-state index contributed by atoms with van der Waals surface area (Å²) in [5.41, 5.74) is 9.16. The summed E-state index contributed by atoms with van der Waals surface area (Å²) in [5.74, 6) is 1.69. The van der Waals surface area contributed by atoms with Crippen LogP contribution in [0.4, 0.5) is 5.82 Å². The van der Waals surface area contributed by atoms with Gasteiger partial charge in [0.05, 0.1) is 17.6 Å². The van der Waals surface area contributed by atoms with E-state index in [0.717, 1.165) is 23.8 Å². The van der Waals surface area contributed by atoms with Gasteiger partial charge in [0.2, 0.25) is 0 Å². The first-order chi connectivity index (χ1) is 17.6. The Kier molecular flexibility index (Phi) is 7.36. The molecule has 6 N–H and O–H groups in total. The topological polar surface area (TPSA) is 173 Å². The molecule has 2 aromatic heterocycles. The molecule has 0 bridgehead atoms. The molecule has 0 atom stereocenters. The average molecular weight is 523 g/mol. The number of terminal acetylenes is 1. The summed E-state index contributed by atoms with van der Waals surface area (Å²) in [7, 11) is -4.93. The number of phosphoric ester groups is 1. The van der Waals surface area contributed by atoms with E-state index < -0.39 is 19.5 Å². The van der Waals surface area contributed by atoms with Crippen molar-refractivity contribution in [2.75, 3.05) is 5.73 Å². The van der Waals surface area contributed by atoms with Gasteiger partial charge in [-0.3, -0.25) is 14.6 Å². The number of rotatable bonds is 9. The maximum absolute atomic E-state index is 11.6. The van der Waals surface area contributed by atoms with Gasteiger partial charge in [-0.05, 0) is 30.0 Å².